The van der Waals surface area contributed by atoms with Crippen LogP contribution in [0.15, 0.2) is 12.2 Å². The Labute approximate surface area is 94.0 Å². The minimum absolute atomic E-state index is 0.377. The SMILES string of the molecule is CC(=O)O[C@@H]1C=C[C@@H](O)[C@H]2OC(C)(C)O[C@@H]21. The molecule has 0 aromatic carbocycles. The first-order chi connectivity index (χ1) is 7.39. The Morgan fingerprint density at radius 3 is 2.56 bits per heavy atom. The van der Waals surface area contributed by atoms with Crippen LogP contribution >= 0.6 is 0 Å². The molecule has 0 unspecified atom stereocenters. The Hall–Kier alpha value is -0.910. The highest BCUT2D eigenvalue weighted by Gasteiger charge is 2.50. The van der Waals surface area contributed by atoms with Gasteiger partial charge in [0.25, 0.3) is 0 Å². The van der Waals surface area contributed by atoms with E-state index in [2.05, 4.69) is 0 Å². The van der Waals surface area contributed by atoms with Crippen molar-refractivity contribution in [1.29, 1.82) is 0 Å². The average molecular weight is 228 g/mol. The van der Waals surface area contributed by atoms with Gasteiger partial charge in [-0.25, -0.2) is 0 Å². The van der Waals surface area contributed by atoms with E-state index in [0.29, 0.717) is 0 Å². The molecule has 16 heavy (non-hydrogen) atoms. The van der Waals surface area contributed by atoms with Crippen LogP contribution in [0.3, 0.4) is 0 Å². The lowest BCUT2D eigenvalue weighted by Gasteiger charge is -2.29. The lowest BCUT2D eigenvalue weighted by Crippen LogP contribution is -2.45. The smallest absolute Gasteiger partial charge is 0.303 e. The van der Waals surface area contributed by atoms with Gasteiger partial charge < -0.3 is 19.3 Å². The van der Waals surface area contributed by atoms with Crippen molar-refractivity contribution >= 4 is 5.97 Å². The first-order valence-electron chi connectivity index (χ1n) is 5.28. The minimum Gasteiger partial charge on any atom is -0.455 e. The van der Waals surface area contributed by atoms with E-state index < -0.39 is 30.2 Å². The molecule has 1 heterocycles. The van der Waals surface area contributed by atoms with Crippen LogP contribution < -0.4 is 0 Å². The molecule has 1 saturated heterocycles. The second-order valence-corrected chi connectivity index (χ2v) is 4.51. The summed E-state index contributed by atoms with van der Waals surface area (Å²) >= 11 is 0. The summed E-state index contributed by atoms with van der Waals surface area (Å²) in [5.41, 5.74) is 0. The van der Waals surface area contributed by atoms with Crippen molar-refractivity contribution < 1.29 is 24.1 Å². The number of carbonyl (C=O) groups is 1. The van der Waals surface area contributed by atoms with Gasteiger partial charge in [-0.2, -0.15) is 0 Å². The highest BCUT2D eigenvalue weighted by atomic mass is 16.8. The van der Waals surface area contributed by atoms with Gasteiger partial charge in [0.2, 0.25) is 0 Å². The molecule has 1 aliphatic carbocycles. The van der Waals surface area contributed by atoms with Crippen molar-refractivity contribution in [3.05, 3.63) is 12.2 Å². The van der Waals surface area contributed by atoms with Crippen molar-refractivity contribution in [1.82, 2.24) is 0 Å². The summed E-state index contributed by atoms with van der Waals surface area (Å²) in [7, 11) is 0. The Balaban J connectivity index is 2.17. The van der Waals surface area contributed by atoms with Gasteiger partial charge >= 0.3 is 5.97 Å². The zero-order valence-electron chi connectivity index (χ0n) is 9.54. The molecular weight excluding hydrogens is 212 g/mol. The van der Waals surface area contributed by atoms with Crippen molar-refractivity contribution in [2.75, 3.05) is 0 Å². The van der Waals surface area contributed by atoms with E-state index in [1.165, 1.54) is 6.92 Å². The molecule has 5 nitrogen and oxygen atoms in total. The number of fused-ring (bicyclic) bond motifs is 1. The molecule has 0 spiro atoms. The molecule has 5 heteroatoms. The fourth-order valence-corrected chi connectivity index (χ4v) is 2.08. The van der Waals surface area contributed by atoms with Crippen LogP contribution in [0.25, 0.3) is 0 Å². The van der Waals surface area contributed by atoms with E-state index in [9.17, 15) is 9.90 Å². The molecular formula is C11H16O5. The molecule has 2 rings (SSSR count). The predicted molar refractivity (Wildman–Crippen MR) is 54.5 cm³/mol. The van der Waals surface area contributed by atoms with Crippen molar-refractivity contribution in [2.24, 2.45) is 0 Å². The maximum absolute atomic E-state index is 10.9. The highest BCUT2D eigenvalue weighted by Crippen LogP contribution is 2.35. The minimum atomic E-state index is -0.763. The van der Waals surface area contributed by atoms with Crippen molar-refractivity contribution in [3.8, 4) is 0 Å². The number of carbonyl (C=O) groups excluding carboxylic acids is 1. The topological polar surface area (TPSA) is 65.0 Å². The number of hydrogen-bond acceptors (Lipinski definition) is 5. The van der Waals surface area contributed by atoms with Gasteiger partial charge in [-0.1, -0.05) is 6.08 Å². The molecule has 1 fully saturated rings. The highest BCUT2D eigenvalue weighted by molar-refractivity contribution is 5.66. The summed E-state index contributed by atoms with van der Waals surface area (Å²) in [5.74, 6) is -1.14. The second kappa shape index (κ2) is 3.84. The summed E-state index contributed by atoms with van der Waals surface area (Å²) in [6.07, 6.45) is 1.06. The Kier molecular flexibility index (Phi) is 2.77. The largest absolute Gasteiger partial charge is 0.455 e. The van der Waals surface area contributed by atoms with Gasteiger partial charge in [-0.15, -0.1) is 0 Å². The zero-order chi connectivity index (χ0) is 11.9. The standard InChI is InChI=1S/C11H16O5/c1-6(12)14-8-5-4-7(13)9-10(8)16-11(2,3)15-9/h4-5,7-10,13H,1-3H3/t7-,8-,9-,10-/m1/s1. The van der Waals surface area contributed by atoms with E-state index >= 15 is 0 Å². The number of hydrogen-bond donors (Lipinski definition) is 1. The van der Waals surface area contributed by atoms with Gasteiger partial charge in [0.15, 0.2) is 5.79 Å². The summed E-state index contributed by atoms with van der Waals surface area (Å²) < 4.78 is 16.3. The molecule has 0 amide bonds. The molecule has 2 aliphatic rings. The maximum Gasteiger partial charge on any atom is 0.303 e. The summed E-state index contributed by atoms with van der Waals surface area (Å²) in [5, 5.41) is 9.73. The Morgan fingerprint density at radius 2 is 1.94 bits per heavy atom. The van der Waals surface area contributed by atoms with Crippen LogP contribution in [0.2, 0.25) is 0 Å². The fraction of sp³-hybridized carbons (Fsp3) is 0.727. The quantitative estimate of drug-likeness (QED) is 0.519. The van der Waals surface area contributed by atoms with Crippen LogP contribution in [0.4, 0.5) is 0 Å². The van der Waals surface area contributed by atoms with E-state index in [1.807, 2.05) is 0 Å². The third-order valence-electron chi connectivity index (χ3n) is 2.62. The van der Waals surface area contributed by atoms with Crippen LogP contribution in [0.5, 0.6) is 0 Å². The fourth-order valence-electron chi connectivity index (χ4n) is 2.08. The van der Waals surface area contributed by atoms with Crippen LogP contribution in [0, 0.1) is 0 Å². The van der Waals surface area contributed by atoms with Crippen LogP contribution in [-0.4, -0.2) is 41.3 Å². The van der Waals surface area contributed by atoms with E-state index in [1.54, 1.807) is 26.0 Å². The molecule has 4 atom stereocenters. The summed E-state index contributed by atoms with van der Waals surface area (Å²) in [6.45, 7) is 4.88. The lowest BCUT2D eigenvalue weighted by atomic mass is 9.96. The summed E-state index contributed by atoms with van der Waals surface area (Å²) in [6, 6.07) is 0. The average Bonchev–Trinajstić information content (AvgIpc) is 2.47. The first kappa shape index (κ1) is 11.6. The van der Waals surface area contributed by atoms with Gasteiger partial charge in [-0.05, 0) is 19.9 Å². The molecule has 1 N–H and O–H groups in total. The molecule has 1 aliphatic heterocycles. The molecule has 0 aromatic rings. The summed E-state index contributed by atoms with van der Waals surface area (Å²) in [4.78, 5) is 10.9. The third-order valence-corrected chi connectivity index (χ3v) is 2.62. The van der Waals surface area contributed by atoms with E-state index in [-0.39, 0.29) is 5.97 Å². The van der Waals surface area contributed by atoms with Gasteiger partial charge in [0, 0.05) is 6.92 Å². The molecule has 0 bridgehead atoms. The molecule has 0 saturated carbocycles. The normalized spacial score (nSPS) is 40.5. The second-order valence-electron chi connectivity index (χ2n) is 4.51. The Bertz CT molecular complexity index is 322. The Morgan fingerprint density at radius 1 is 1.31 bits per heavy atom. The van der Waals surface area contributed by atoms with Crippen LogP contribution in [0.1, 0.15) is 20.8 Å². The van der Waals surface area contributed by atoms with Crippen LogP contribution in [-0.2, 0) is 19.0 Å². The maximum atomic E-state index is 10.9. The zero-order valence-corrected chi connectivity index (χ0v) is 9.54. The molecule has 0 radical (unpaired) electrons. The van der Waals surface area contributed by atoms with E-state index in [0.717, 1.165) is 0 Å². The number of esters is 1. The number of aliphatic hydroxyl groups excluding tert-OH is 1. The number of aliphatic hydroxyl groups is 1. The molecule has 90 valence electrons. The van der Waals surface area contributed by atoms with Gasteiger partial charge in [0.05, 0.1) is 0 Å². The number of ether oxygens (including phenoxy) is 3. The third kappa shape index (κ3) is 2.11. The predicted octanol–water partition coefficient (Wildman–Crippen LogP) is 0.369. The van der Waals surface area contributed by atoms with Crippen molar-refractivity contribution in [3.63, 3.8) is 0 Å². The van der Waals surface area contributed by atoms with E-state index in [4.69, 9.17) is 14.2 Å². The van der Waals surface area contributed by atoms with Crippen molar-refractivity contribution in [2.45, 2.75) is 51.0 Å². The first-order valence-corrected chi connectivity index (χ1v) is 5.28. The van der Waals surface area contributed by atoms with Gasteiger partial charge in [0.1, 0.15) is 24.4 Å². The molecule has 0 aromatic heterocycles. The number of rotatable bonds is 1. The lowest BCUT2D eigenvalue weighted by molar-refractivity contribution is -0.165. The van der Waals surface area contributed by atoms with Gasteiger partial charge in [-0.3, -0.25) is 4.79 Å². The monoisotopic (exact) mass is 228 g/mol.